The van der Waals surface area contributed by atoms with Gasteiger partial charge in [-0.3, -0.25) is 0 Å². The molecule has 1 rings (SSSR count). The van der Waals surface area contributed by atoms with E-state index < -0.39 is 0 Å². The van der Waals surface area contributed by atoms with Crippen LogP contribution in [-0.4, -0.2) is 22.8 Å². The molecule has 0 aliphatic heterocycles. The van der Waals surface area contributed by atoms with E-state index in [4.69, 9.17) is 17.0 Å². The summed E-state index contributed by atoms with van der Waals surface area (Å²) < 4.78 is 5.70. The van der Waals surface area contributed by atoms with Crippen LogP contribution in [-0.2, 0) is 17.1 Å². The van der Waals surface area contributed by atoms with E-state index in [0.29, 0.717) is 17.2 Å². The second-order valence-corrected chi connectivity index (χ2v) is 5.48. The maximum Gasteiger partial charge on any atom is 0.130 e. The largest absolute Gasteiger partial charge is 0.378 e. The lowest BCUT2D eigenvalue weighted by atomic mass is 10.3. The number of rotatable bonds is 6. The van der Waals surface area contributed by atoms with Gasteiger partial charge in [0.1, 0.15) is 10.5 Å². The summed E-state index contributed by atoms with van der Waals surface area (Å²) in [5.74, 6) is 3.65. The Balaban J connectivity index is 2.61. The van der Waals surface area contributed by atoms with Crippen LogP contribution in [0.1, 0.15) is 25.4 Å². The molecule has 0 bridgehead atoms. The first kappa shape index (κ1) is 13.7. The zero-order valence-corrected chi connectivity index (χ0v) is 11.6. The number of aromatic nitrogens is 2. The highest BCUT2D eigenvalue weighted by molar-refractivity contribution is 7.98. The first-order valence-corrected chi connectivity index (χ1v) is 6.84. The molecule has 0 spiro atoms. The molecule has 0 atom stereocenters. The van der Waals surface area contributed by atoms with Crippen molar-refractivity contribution >= 4 is 24.0 Å². The van der Waals surface area contributed by atoms with Crippen LogP contribution in [0.3, 0.4) is 0 Å². The SMILES string of the molecule is COCc1cc(=S)nc(CSCC(C)C)[nH]1. The number of methoxy groups -OCH3 is 1. The number of thioether (sulfide) groups is 1. The van der Waals surface area contributed by atoms with Gasteiger partial charge in [-0.2, -0.15) is 11.8 Å². The van der Waals surface area contributed by atoms with Gasteiger partial charge in [0.05, 0.1) is 12.4 Å². The molecule has 3 nitrogen and oxygen atoms in total. The normalized spacial score (nSPS) is 11.0. The van der Waals surface area contributed by atoms with Crippen molar-refractivity contribution in [2.75, 3.05) is 12.9 Å². The Morgan fingerprint density at radius 2 is 2.31 bits per heavy atom. The third-order valence-electron chi connectivity index (χ3n) is 1.84. The van der Waals surface area contributed by atoms with Crippen molar-refractivity contribution in [1.82, 2.24) is 9.97 Å². The Labute approximate surface area is 106 Å². The molecule has 5 heteroatoms. The maximum absolute atomic E-state index is 5.11. The molecule has 16 heavy (non-hydrogen) atoms. The van der Waals surface area contributed by atoms with Crippen molar-refractivity contribution in [3.05, 3.63) is 22.2 Å². The van der Waals surface area contributed by atoms with Crippen LogP contribution in [0.25, 0.3) is 0 Å². The van der Waals surface area contributed by atoms with Crippen molar-refractivity contribution in [3.63, 3.8) is 0 Å². The number of nitrogens with zero attached hydrogens (tertiary/aromatic N) is 1. The van der Waals surface area contributed by atoms with Crippen molar-refractivity contribution in [2.45, 2.75) is 26.2 Å². The van der Waals surface area contributed by atoms with E-state index in [2.05, 4.69) is 23.8 Å². The van der Waals surface area contributed by atoms with Gasteiger partial charge in [-0.25, -0.2) is 4.98 Å². The zero-order chi connectivity index (χ0) is 12.0. The predicted molar refractivity (Wildman–Crippen MR) is 71.1 cm³/mol. The average molecular weight is 258 g/mol. The van der Waals surface area contributed by atoms with Gasteiger partial charge in [0.2, 0.25) is 0 Å². The Morgan fingerprint density at radius 1 is 1.56 bits per heavy atom. The summed E-state index contributed by atoms with van der Waals surface area (Å²) in [4.78, 5) is 7.53. The average Bonchev–Trinajstić information content (AvgIpc) is 2.16. The first-order valence-electron chi connectivity index (χ1n) is 5.27. The van der Waals surface area contributed by atoms with Gasteiger partial charge in [0.25, 0.3) is 0 Å². The number of nitrogens with one attached hydrogen (secondary N) is 1. The molecule has 0 radical (unpaired) electrons. The molecular weight excluding hydrogens is 240 g/mol. The van der Waals surface area contributed by atoms with Crippen molar-refractivity contribution in [2.24, 2.45) is 5.92 Å². The van der Waals surface area contributed by atoms with Crippen molar-refractivity contribution in [1.29, 1.82) is 0 Å². The smallest absolute Gasteiger partial charge is 0.130 e. The predicted octanol–water partition coefficient (Wildman–Crippen LogP) is 3.17. The van der Waals surface area contributed by atoms with Gasteiger partial charge in [0.15, 0.2) is 0 Å². The summed E-state index contributed by atoms with van der Waals surface area (Å²) in [7, 11) is 1.67. The summed E-state index contributed by atoms with van der Waals surface area (Å²) in [6.45, 7) is 4.97. The molecule has 0 aliphatic rings. The number of H-pyrrole nitrogens is 1. The van der Waals surface area contributed by atoms with Gasteiger partial charge < -0.3 is 9.72 Å². The molecule has 0 fully saturated rings. The van der Waals surface area contributed by atoms with E-state index in [0.717, 1.165) is 23.0 Å². The van der Waals surface area contributed by atoms with Crippen LogP contribution in [0.5, 0.6) is 0 Å². The third kappa shape index (κ3) is 5.09. The van der Waals surface area contributed by atoms with Crippen molar-refractivity contribution < 1.29 is 4.74 Å². The maximum atomic E-state index is 5.11. The molecule has 1 aromatic heterocycles. The van der Waals surface area contributed by atoms with E-state index in [1.165, 1.54) is 0 Å². The highest BCUT2D eigenvalue weighted by Gasteiger charge is 2.01. The molecule has 90 valence electrons. The van der Waals surface area contributed by atoms with E-state index in [-0.39, 0.29) is 0 Å². The minimum absolute atomic E-state index is 0.550. The molecule has 1 heterocycles. The fraction of sp³-hybridized carbons (Fsp3) is 0.636. The standard InChI is InChI=1S/C11H18N2OS2/c1-8(2)6-16-7-10-12-9(5-14-3)4-11(15)13-10/h4,8H,5-7H2,1-3H3,(H,12,13,15). The molecule has 0 aromatic carbocycles. The van der Waals surface area contributed by atoms with Crippen LogP contribution in [0.2, 0.25) is 0 Å². The van der Waals surface area contributed by atoms with Crippen LogP contribution in [0, 0.1) is 10.6 Å². The molecule has 0 amide bonds. The molecule has 0 unspecified atom stereocenters. The fourth-order valence-corrected chi connectivity index (χ4v) is 2.43. The summed E-state index contributed by atoms with van der Waals surface area (Å²) in [6, 6.07) is 1.84. The topological polar surface area (TPSA) is 37.9 Å². The van der Waals surface area contributed by atoms with Gasteiger partial charge in [0, 0.05) is 12.8 Å². The monoisotopic (exact) mass is 258 g/mol. The van der Waals surface area contributed by atoms with Crippen LogP contribution < -0.4 is 0 Å². The van der Waals surface area contributed by atoms with Crippen LogP contribution in [0.4, 0.5) is 0 Å². The minimum atomic E-state index is 0.550. The highest BCUT2D eigenvalue weighted by Crippen LogP contribution is 2.13. The van der Waals surface area contributed by atoms with Crippen molar-refractivity contribution in [3.8, 4) is 0 Å². The van der Waals surface area contributed by atoms with Gasteiger partial charge in [-0.05, 0) is 17.7 Å². The molecule has 1 aromatic rings. The lowest BCUT2D eigenvalue weighted by molar-refractivity contribution is 0.181. The lowest BCUT2D eigenvalue weighted by Gasteiger charge is -2.06. The number of aromatic amines is 1. The molecular formula is C11H18N2OS2. The molecule has 1 N–H and O–H groups in total. The van der Waals surface area contributed by atoms with Gasteiger partial charge in [-0.1, -0.05) is 26.1 Å². The van der Waals surface area contributed by atoms with Gasteiger partial charge in [-0.15, -0.1) is 0 Å². The second-order valence-electron chi connectivity index (χ2n) is 4.03. The summed E-state index contributed by atoms with van der Waals surface area (Å²) in [5, 5.41) is 0. The van der Waals surface area contributed by atoms with E-state index in [9.17, 15) is 0 Å². The Bertz CT molecular complexity index is 376. The Hall–Kier alpha value is -0.390. The van der Waals surface area contributed by atoms with E-state index in [1.807, 2.05) is 17.8 Å². The van der Waals surface area contributed by atoms with Crippen LogP contribution in [0.15, 0.2) is 6.07 Å². The first-order chi connectivity index (χ1) is 7.61. The fourth-order valence-electron chi connectivity index (χ4n) is 1.26. The summed E-state index contributed by atoms with van der Waals surface area (Å²) in [6.07, 6.45) is 0. The molecule has 0 saturated carbocycles. The van der Waals surface area contributed by atoms with E-state index >= 15 is 0 Å². The summed E-state index contributed by atoms with van der Waals surface area (Å²) in [5.41, 5.74) is 0.989. The molecule has 0 aliphatic carbocycles. The Morgan fingerprint density at radius 3 is 2.94 bits per heavy atom. The lowest BCUT2D eigenvalue weighted by Crippen LogP contribution is -2.01. The number of ether oxygens (including phenoxy) is 1. The number of hydrogen-bond acceptors (Lipinski definition) is 4. The van der Waals surface area contributed by atoms with E-state index in [1.54, 1.807) is 7.11 Å². The quantitative estimate of drug-likeness (QED) is 0.795. The zero-order valence-electron chi connectivity index (χ0n) is 9.95. The van der Waals surface area contributed by atoms with Gasteiger partial charge >= 0.3 is 0 Å². The molecule has 0 saturated heterocycles. The number of hydrogen-bond donors (Lipinski definition) is 1. The third-order valence-corrected chi connectivity index (χ3v) is 3.43. The minimum Gasteiger partial charge on any atom is -0.378 e. The summed E-state index contributed by atoms with van der Waals surface area (Å²) >= 11 is 6.98. The Kier molecular flexibility index (Phi) is 6.01. The van der Waals surface area contributed by atoms with Crippen LogP contribution >= 0.6 is 24.0 Å². The second kappa shape index (κ2) is 7.04. The highest BCUT2D eigenvalue weighted by atomic mass is 32.2.